The summed E-state index contributed by atoms with van der Waals surface area (Å²) >= 11 is 12.3. The number of Topliss-reactive ketones (excluding diaryl/α,β-unsaturated/α-hetero) is 1. The summed E-state index contributed by atoms with van der Waals surface area (Å²) in [5.74, 6) is -1.51. The van der Waals surface area contributed by atoms with Crippen LogP contribution in [0.1, 0.15) is 83.8 Å². The molecule has 0 bridgehead atoms. The van der Waals surface area contributed by atoms with Crippen molar-refractivity contribution in [2.24, 2.45) is 5.41 Å². The molecule has 1 unspecified atom stereocenters. The Morgan fingerprint density at radius 3 is 1.83 bits per heavy atom. The summed E-state index contributed by atoms with van der Waals surface area (Å²) < 4.78 is 5.58. The maximum atomic E-state index is 13.1. The van der Waals surface area contributed by atoms with Gasteiger partial charge < -0.3 is 15.2 Å². The lowest BCUT2D eigenvalue weighted by Crippen LogP contribution is -2.37. The van der Waals surface area contributed by atoms with E-state index in [1.807, 2.05) is 41.5 Å². The highest BCUT2D eigenvalue weighted by Gasteiger charge is 2.33. The van der Waals surface area contributed by atoms with Gasteiger partial charge in [-0.3, -0.25) is 9.59 Å². The fourth-order valence-corrected chi connectivity index (χ4v) is 3.97. The number of phenolic OH excluding ortho intramolecular Hbond substituents is 1. The normalized spacial score (nSPS) is 13.2. The Hall–Kier alpha value is -2.57. The Balaban J connectivity index is 2.37. The number of hydrogen-bond acceptors (Lipinski definition) is 5. The Morgan fingerprint density at radius 1 is 0.889 bits per heavy atom. The second-order valence-corrected chi connectivity index (χ2v) is 12.8. The van der Waals surface area contributed by atoms with Crippen molar-refractivity contribution in [2.45, 2.75) is 78.5 Å². The number of anilines is 1. The molecule has 6 nitrogen and oxygen atoms in total. The fourth-order valence-electron chi connectivity index (χ4n) is 3.42. The van der Waals surface area contributed by atoms with E-state index in [-0.39, 0.29) is 27.8 Å². The number of phenols is 1. The summed E-state index contributed by atoms with van der Waals surface area (Å²) in [7, 11) is 0. The van der Waals surface area contributed by atoms with Crippen molar-refractivity contribution in [1.29, 1.82) is 0 Å². The third kappa shape index (κ3) is 7.01. The van der Waals surface area contributed by atoms with Crippen molar-refractivity contribution in [3.8, 4) is 11.5 Å². The molecule has 2 N–H and O–H groups in total. The number of alkyl halides is 1. The summed E-state index contributed by atoms with van der Waals surface area (Å²) in [6.07, 6.45) is 0. The van der Waals surface area contributed by atoms with Gasteiger partial charge in [0.2, 0.25) is 5.91 Å². The number of carbonyl (C=O) groups is 3. The van der Waals surface area contributed by atoms with Crippen LogP contribution in [0.3, 0.4) is 0 Å². The van der Waals surface area contributed by atoms with E-state index in [2.05, 4.69) is 5.32 Å². The van der Waals surface area contributed by atoms with E-state index in [1.54, 1.807) is 32.9 Å². The van der Waals surface area contributed by atoms with E-state index < -0.39 is 39.3 Å². The molecular weight excluding hydrogens is 501 g/mol. The number of ketones is 1. The second-order valence-electron chi connectivity index (χ2n) is 11.9. The number of nitrogens with one attached hydrogen (secondary N) is 1. The zero-order valence-corrected chi connectivity index (χ0v) is 23.8. The second kappa shape index (κ2) is 10.4. The minimum absolute atomic E-state index is 0.135. The van der Waals surface area contributed by atoms with E-state index >= 15 is 0 Å². The molecule has 0 radical (unpaired) electrons. The number of benzene rings is 2. The van der Waals surface area contributed by atoms with E-state index in [0.29, 0.717) is 11.1 Å². The molecule has 1 atom stereocenters. The van der Waals surface area contributed by atoms with E-state index in [9.17, 15) is 19.5 Å². The molecule has 0 aromatic heterocycles. The monoisotopic (exact) mass is 535 g/mol. The average molecular weight is 536 g/mol. The quantitative estimate of drug-likeness (QED) is 0.185. The van der Waals surface area contributed by atoms with Crippen LogP contribution in [0.4, 0.5) is 5.69 Å². The van der Waals surface area contributed by atoms with E-state index in [1.165, 1.54) is 18.2 Å². The Labute approximate surface area is 223 Å². The molecule has 0 spiro atoms. The summed E-state index contributed by atoms with van der Waals surface area (Å²) in [5.41, 5.74) is 0.0506. The summed E-state index contributed by atoms with van der Waals surface area (Å²) in [6.45, 7) is 16.7. The van der Waals surface area contributed by atoms with Crippen molar-refractivity contribution >= 4 is 46.5 Å². The molecule has 8 heteroatoms. The maximum absolute atomic E-state index is 13.1. The summed E-state index contributed by atoms with van der Waals surface area (Å²) in [5, 5.41) is 12.2. The van der Waals surface area contributed by atoms with Gasteiger partial charge in [0.1, 0.15) is 11.5 Å². The number of ether oxygens (including phenoxy) is 1. The topological polar surface area (TPSA) is 92.7 Å². The molecule has 36 heavy (non-hydrogen) atoms. The van der Waals surface area contributed by atoms with Crippen molar-refractivity contribution in [3.05, 3.63) is 52.0 Å². The van der Waals surface area contributed by atoms with Gasteiger partial charge in [-0.05, 0) is 35.1 Å². The van der Waals surface area contributed by atoms with E-state index in [4.69, 9.17) is 27.9 Å². The van der Waals surface area contributed by atoms with Gasteiger partial charge in [-0.2, -0.15) is 0 Å². The van der Waals surface area contributed by atoms with Crippen LogP contribution >= 0.6 is 23.2 Å². The molecule has 196 valence electrons. The molecule has 2 rings (SSSR count). The number of carbonyl (C=O) groups excluding carboxylic acids is 3. The fraction of sp³-hybridized carbons (Fsp3) is 0.464. The standard InChI is InChI=1S/C28H35Cl2NO5/c1-26(2,3)17-12-15(13-18(22(17)32)27(4,5)6)25(35)36-16-10-11-19(29)20(14-16)31-24(34)21(30)23(33)28(7,8)9/h10-14,21,32H,1-9H3,(H,31,34). The molecule has 0 aliphatic heterocycles. The third-order valence-electron chi connectivity index (χ3n) is 5.57. The molecule has 0 aliphatic rings. The first-order valence-corrected chi connectivity index (χ1v) is 12.4. The number of aromatic hydroxyl groups is 1. The number of halogens is 2. The van der Waals surface area contributed by atoms with Gasteiger partial charge in [-0.1, -0.05) is 73.9 Å². The first kappa shape index (κ1) is 29.7. The lowest BCUT2D eigenvalue weighted by atomic mass is 9.78. The minimum atomic E-state index is -1.41. The van der Waals surface area contributed by atoms with Gasteiger partial charge in [-0.15, -0.1) is 11.6 Å². The van der Waals surface area contributed by atoms with Crippen LogP contribution in [-0.2, 0) is 20.4 Å². The zero-order chi connectivity index (χ0) is 27.8. The maximum Gasteiger partial charge on any atom is 0.343 e. The predicted octanol–water partition coefficient (Wildman–Crippen LogP) is 7.02. The van der Waals surface area contributed by atoms with Crippen LogP contribution in [0.2, 0.25) is 5.02 Å². The van der Waals surface area contributed by atoms with Gasteiger partial charge in [0.15, 0.2) is 11.2 Å². The third-order valence-corrected chi connectivity index (χ3v) is 6.29. The first-order valence-electron chi connectivity index (χ1n) is 11.6. The van der Waals surface area contributed by atoms with Crippen LogP contribution in [0.15, 0.2) is 30.3 Å². The molecular formula is C28H35Cl2NO5. The number of hydrogen-bond donors (Lipinski definition) is 2. The summed E-state index contributed by atoms with van der Waals surface area (Å²) in [4.78, 5) is 38.0. The Morgan fingerprint density at radius 2 is 1.39 bits per heavy atom. The summed E-state index contributed by atoms with van der Waals surface area (Å²) in [6, 6.07) is 7.60. The Kier molecular flexibility index (Phi) is 8.59. The van der Waals surface area contributed by atoms with Crippen molar-refractivity contribution in [3.63, 3.8) is 0 Å². The minimum Gasteiger partial charge on any atom is -0.507 e. The van der Waals surface area contributed by atoms with Crippen molar-refractivity contribution in [2.75, 3.05) is 5.32 Å². The largest absolute Gasteiger partial charge is 0.507 e. The van der Waals surface area contributed by atoms with Gasteiger partial charge in [0.25, 0.3) is 0 Å². The van der Waals surface area contributed by atoms with Crippen molar-refractivity contribution in [1.82, 2.24) is 0 Å². The van der Waals surface area contributed by atoms with Crippen LogP contribution < -0.4 is 10.1 Å². The van der Waals surface area contributed by atoms with Gasteiger partial charge in [0, 0.05) is 22.6 Å². The molecule has 0 saturated carbocycles. The van der Waals surface area contributed by atoms with Crippen LogP contribution in [-0.4, -0.2) is 28.1 Å². The molecule has 0 heterocycles. The molecule has 0 fully saturated rings. The predicted molar refractivity (Wildman–Crippen MR) is 145 cm³/mol. The van der Waals surface area contributed by atoms with Crippen LogP contribution in [0, 0.1) is 5.41 Å². The van der Waals surface area contributed by atoms with Crippen LogP contribution in [0.25, 0.3) is 0 Å². The molecule has 2 aromatic carbocycles. The van der Waals surface area contributed by atoms with Crippen molar-refractivity contribution < 1.29 is 24.2 Å². The number of amides is 1. The molecule has 0 saturated heterocycles. The molecule has 0 aliphatic carbocycles. The highest BCUT2D eigenvalue weighted by Crippen LogP contribution is 2.40. The number of rotatable bonds is 5. The zero-order valence-electron chi connectivity index (χ0n) is 22.3. The first-order chi connectivity index (χ1) is 16.2. The highest BCUT2D eigenvalue weighted by molar-refractivity contribution is 6.44. The molecule has 2 aromatic rings. The van der Waals surface area contributed by atoms with Gasteiger partial charge in [0.05, 0.1) is 16.3 Å². The average Bonchev–Trinajstić information content (AvgIpc) is 2.72. The van der Waals surface area contributed by atoms with Crippen LogP contribution in [0.5, 0.6) is 11.5 Å². The smallest absolute Gasteiger partial charge is 0.343 e. The van der Waals surface area contributed by atoms with Gasteiger partial charge in [-0.25, -0.2) is 4.79 Å². The van der Waals surface area contributed by atoms with E-state index in [0.717, 1.165) is 0 Å². The van der Waals surface area contributed by atoms with Gasteiger partial charge >= 0.3 is 5.97 Å². The Bertz CT molecular complexity index is 1150. The highest BCUT2D eigenvalue weighted by atomic mass is 35.5. The number of esters is 1. The SMILES string of the molecule is CC(C)(C)C(=O)C(Cl)C(=O)Nc1cc(OC(=O)c2cc(C(C)(C)C)c(O)c(C(C)(C)C)c2)ccc1Cl. The lowest BCUT2D eigenvalue weighted by Gasteiger charge is -2.28. The molecule has 1 amide bonds. The lowest BCUT2D eigenvalue weighted by molar-refractivity contribution is -0.130.